The normalized spacial score (nSPS) is 10.7. The molecule has 138 valence electrons. The molecule has 0 aliphatic heterocycles. The monoisotopic (exact) mass is 378 g/mol. The van der Waals surface area contributed by atoms with E-state index in [9.17, 15) is 9.59 Å². The van der Waals surface area contributed by atoms with Gasteiger partial charge in [-0.25, -0.2) is 0 Å². The van der Waals surface area contributed by atoms with E-state index in [-0.39, 0.29) is 11.8 Å². The van der Waals surface area contributed by atoms with Crippen molar-refractivity contribution in [3.05, 3.63) is 87.8 Å². The van der Waals surface area contributed by atoms with E-state index in [0.717, 1.165) is 21.6 Å². The molecule has 0 spiro atoms. The van der Waals surface area contributed by atoms with Gasteiger partial charge in [0.15, 0.2) is 0 Å². The summed E-state index contributed by atoms with van der Waals surface area (Å²) < 4.78 is 0. The van der Waals surface area contributed by atoms with Crippen LogP contribution in [-0.4, -0.2) is 18.9 Å². The summed E-state index contributed by atoms with van der Waals surface area (Å²) in [7, 11) is 1.59. The predicted octanol–water partition coefficient (Wildman–Crippen LogP) is 4.50. The standard InChI is InChI=1S/C22H22N2O2S/c1-14-15(2)27-22(18(14)20(25)23-3)24-21(26)19(16-10-6-4-7-11-16)17-12-8-5-9-13-17/h4-13,19H,1-3H3,(H,23,25)(H,24,26). The van der Waals surface area contributed by atoms with Crippen molar-refractivity contribution in [1.82, 2.24) is 5.32 Å². The van der Waals surface area contributed by atoms with E-state index in [0.29, 0.717) is 10.6 Å². The summed E-state index contributed by atoms with van der Waals surface area (Å²) in [5.74, 6) is -0.797. The summed E-state index contributed by atoms with van der Waals surface area (Å²) in [4.78, 5) is 26.6. The highest BCUT2D eigenvalue weighted by Crippen LogP contribution is 2.34. The van der Waals surface area contributed by atoms with Crippen molar-refractivity contribution in [3.63, 3.8) is 0 Å². The Morgan fingerprint density at radius 2 is 1.41 bits per heavy atom. The number of aryl methyl sites for hydroxylation is 1. The Bertz CT molecular complexity index is 910. The Labute approximate surface area is 163 Å². The largest absolute Gasteiger partial charge is 0.355 e. The van der Waals surface area contributed by atoms with Gasteiger partial charge in [-0.3, -0.25) is 9.59 Å². The quantitative estimate of drug-likeness (QED) is 0.687. The van der Waals surface area contributed by atoms with Crippen LogP contribution >= 0.6 is 11.3 Å². The molecule has 0 radical (unpaired) electrons. The van der Waals surface area contributed by atoms with Crippen LogP contribution in [-0.2, 0) is 4.79 Å². The van der Waals surface area contributed by atoms with Gasteiger partial charge >= 0.3 is 0 Å². The number of amides is 2. The summed E-state index contributed by atoms with van der Waals surface area (Å²) in [5.41, 5.74) is 3.25. The van der Waals surface area contributed by atoms with E-state index in [1.165, 1.54) is 11.3 Å². The summed E-state index contributed by atoms with van der Waals surface area (Å²) in [6, 6.07) is 19.3. The van der Waals surface area contributed by atoms with Crippen molar-refractivity contribution >= 4 is 28.2 Å². The fourth-order valence-corrected chi connectivity index (χ4v) is 4.14. The molecule has 3 aromatic rings. The van der Waals surface area contributed by atoms with E-state index >= 15 is 0 Å². The van der Waals surface area contributed by atoms with Crippen LogP contribution in [0.15, 0.2) is 60.7 Å². The molecule has 0 saturated heterocycles. The van der Waals surface area contributed by atoms with Gasteiger partial charge in [0.05, 0.1) is 11.5 Å². The van der Waals surface area contributed by atoms with Gasteiger partial charge in [0, 0.05) is 11.9 Å². The first-order chi connectivity index (χ1) is 13.0. The van der Waals surface area contributed by atoms with Crippen LogP contribution in [0.4, 0.5) is 5.00 Å². The third-order valence-corrected chi connectivity index (χ3v) is 5.73. The number of carbonyl (C=O) groups excluding carboxylic acids is 2. The minimum absolute atomic E-state index is 0.154. The topological polar surface area (TPSA) is 58.2 Å². The summed E-state index contributed by atoms with van der Waals surface area (Å²) >= 11 is 1.43. The lowest BCUT2D eigenvalue weighted by atomic mass is 9.90. The Morgan fingerprint density at radius 3 is 1.89 bits per heavy atom. The van der Waals surface area contributed by atoms with E-state index < -0.39 is 5.92 Å². The van der Waals surface area contributed by atoms with Crippen LogP contribution in [0, 0.1) is 13.8 Å². The van der Waals surface area contributed by atoms with Gasteiger partial charge in [-0.1, -0.05) is 60.7 Å². The molecular weight excluding hydrogens is 356 g/mol. The second kappa shape index (κ2) is 8.18. The number of hydrogen-bond acceptors (Lipinski definition) is 3. The first-order valence-corrected chi connectivity index (χ1v) is 9.57. The number of anilines is 1. The van der Waals surface area contributed by atoms with Gasteiger partial charge in [0.1, 0.15) is 5.00 Å². The lowest BCUT2D eigenvalue weighted by Gasteiger charge is -2.18. The zero-order valence-corrected chi connectivity index (χ0v) is 16.4. The van der Waals surface area contributed by atoms with Crippen molar-refractivity contribution in [2.75, 3.05) is 12.4 Å². The fraction of sp³-hybridized carbons (Fsp3) is 0.182. The molecule has 0 aliphatic rings. The summed E-state index contributed by atoms with van der Waals surface area (Å²) in [6.45, 7) is 3.85. The van der Waals surface area contributed by atoms with Crippen LogP contribution in [0.3, 0.4) is 0 Å². The zero-order valence-electron chi connectivity index (χ0n) is 15.6. The molecule has 1 aromatic heterocycles. The van der Waals surface area contributed by atoms with Crippen LogP contribution in [0.1, 0.15) is 37.8 Å². The maximum atomic E-state index is 13.3. The number of rotatable bonds is 5. The smallest absolute Gasteiger partial charge is 0.254 e. The molecule has 1 heterocycles. The first-order valence-electron chi connectivity index (χ1n) is 8.75. The molecule has 2 amide bonds. The minimum atomic E-state index is -0.451. The van der Waals surface area contributed by atoms with Crippen molar-refractivity contribution in [1.29, 1.82) is 0 Å². The second-order valence-electron chi connectivity index (χ2n) is 6.31. The molecule has 0 unspecified atom stereocenters. The molecule has 0 saturated carbocycles. The minimum Gasteiger partial charge on any atom is -0.355 e. The van der Waals surface area contributed by atoms with Crippen LogP contribution < -0.4 is 10.6 Å². The van der Waals surface area contributed by atoms with Crippen molar-refractivity contribution in [2.24, 2.45) is 0 Å². The van der Waals surface area contributed by atoms with Gasteiger partial charge in [-0.15, -0.1) is 11.3 Å². The first kappa shape index (κ1) is 18.9. The molecule has 2 N–H and O–H groups in total. The summed E-state index contributed by atoms with van der Waals surface area (Å²) in [5, 5.41) is 6.25. The molecule has 0 aliphatic carbocycles. The lowest BCUT2D eigenvalue weighted by molar-refractivity contribution is -0.116. The van der Waals surface area contributed by atoms with Gasteiger partial charge in [-0.2, -0.15) is 0 Å². The molecule has 0 bridgehead atoms. The third-order valence-electron chi connectivity index (χ3n) is 4.60. The molecule has 4 nitrogen and oxygen atoms in total. The maximum Gasteiger partial charge on any atom is 0.254 e. The molecule has 0 atom stereocenters. The highest BCUT2D eigenvalue weighted by molar-refractivity contribution is 7.16. The van der Waals surface area contributed by atoms with Gasteiger partial charge in [0.25, 0.3) is 5.91 Å². The van der Waals surface area contributed by atoms with Gasteiger partial charge in [-0.05, 0) is 30.5 Å². The molecular formula is C22H22N2O2S. The molecule has 27 heavy (non-hydrogen) atoms. The Balaban J connectivity index is 2.00. The molecule has 3 rings (SSSR count). The van der Waals surface area contributed by atoms with Crippen LogP contribution in [0.25, 0.3) is 0 Å². The summed E-state index contributed by atoms with van der Waals surface area (Å²) in [6.07, 6.45) is 0. The van der Waals surface area contributed by atoms with Crippen molar-refractivity contribution in [2.45, 2.75) is 19.8 Å². The Hall–Kier alpha value is -2.92. The predicted molar refractivity (Wildman–Crippen MR) is 111 cm³/mol. The second-order valence-corrected chi connectivity index (χ2v) is 7.53. The SMILES string of the molecule is CNC(=O)c1c(NC(=O)C(c2ccccc2)c2ccccc2)sc(C)c1C. The Morgan fingerprint density at radius 1 is 0.889 bits per heavy atom. The number of nitrogens with one attached hydrogen (secondary N) is 2. The maximum absolute atomic E-state index is 13.3. The average molecular weight is 378 g/mol. The van der Waals surface area contributed by atoms with E-state index in [1.807, 2.05) is 74.5 Å². The average Bonchev–Trinajstić information content (AvgIpc) is 2.96. The van der Waals surface area contributed by atoms with Gasteiger partial charge < -0.3 is 10.6 Å². The number of hydrogen-bond donors (Lipinski definition) is 2. The molecule has 2 aromatic carbocycles. The number of benzene rings is 2. The van der Waals surface area contributed by atoms with E-state index in [4.69, 9.17) is 0 Å². The third kappa shape index (κ3) is 3.93. The lowest BCUT2D eigenvalue weighted by Crippen LogP contribution is -2.24. The van der Waals surface area contributed by atoms with Crippen LogP contribution in [0.5, 0.6) is 0 Å². The number of thiophene rings is 1. The van der Waals surface area contributed by atoms with E-state index in [2.05, 4.69) is 10.6 Å². The highest BCUT2D eigenvalue weighted by Gasteiger charge is 2.26. The van der Waals surface area contributed by atoms with Crippen LogP contribution in [0.2, 0.25) is 0 Å². The molecule has 5 heteroatoms. The number of carbonyl (C=O) groups is 2. The van der Waals surface area contributed by atoms with E-state index in [1.54, 1.807) is 7.05 Å². The highest BCUT2D eigenvalue weighted by atomic mass is 32.1. The van der Waals surface area contributed by atoms with Crippen molar-refractivity contribution < 1.29 is 9.59 Å². The zero-order chi connectivity index (χ0) is 19.4. The van der Waals surface area contributed by atoms with Crippen molar-refractivity contribution in [3.8, 4) is 0 Å². The van der Waals surface area contributed by atoms with Gasteiger partial charge in [0.2, 0.25) is 5.91 Å². The fourth-order valence-electron chi connectivity index (χ4n) is 3.08. The Kier molecular flexibility index (Phi) is 5.72. The molecule has 0 fully saturated rings.